The summed E-state index contributed by atoms with van der Waals surface area (Å²) in [7, 11) is 0. The summed E-state index contributed by atoms with van der Waals surface area (Å²) in [6.07, 6.45) is 0. The number of nitrogens with zero attached hydrogens (tertiary/aromatic N) is 5. The van der Waals surface area contributed by atoms with Crippen LogP contribution in [0.15, 0.2) is 224 Å². The highest BCUT2D eigenvalue weighted by Gasteiger charge is 2.21. The lowest BCUT2D eigenvalue weighted by Crippen LogP contribution is -2.10. The van der Waals surface area contributed by atoms with Gasteiger partial charge in [-0.2, -0.15) is 15.0 Å². The number of aromatic nitrogens is 5. The number of fused-ring (bicyclic) bond motifs is 6. The minimum atomic E-state index is 0.551. The molecule has 0 N–H and O–H groups in total. The van der Waals surface area contributed by atoms with Crippen LogP contribution in [0.1, 0.15) is 0 Å². The molecule has 0 saturated heterocycles. The maximum atomic E-state index is 5.42. The average molecular weight is 792 g/mol. The fraction of sp³-hybridized carbons (Fsp3) is 0. The second-order valence-electron chi connectivity index (χ2n) is 15.7. The first-order valence-corrected chi connectivity index (χ1v) is 20.9. The first kappa shape index (κ1) is 35.5. The summed E-state index contributed by atoms with van der Waals surface area (Å²) >= 11 is 0. The molecule has 0 fully saturated rings. The molecule has 0 aliphatic rings. The number of benzene rings is 9. The van der Waals surface area contributed by atoms with Gasteiger partial charge in [-0.15, -0.1) is 0 Å². The van der Waals surface area contributed by atoms with Crippen molar-refractivity contribution < 1.29 is 0 Å². The minimum absolute atomic E-state index is 0.551. The fourth-order valence-corrected chi connectivity index (χ4v) is 9.15. The van der Waals surface area contributed by atoms with Crippen LogP contribution in [0.25, 0.3) is 111 Å². The second-order valence-corrected chi connectivity index (χ2v) is 15.7. The summed E-state index contributed by atoms with van der Waals surface area (Å²) < 4.78 is 4.37. The van der Waals surface area contributed by atoms with Gasteiger partial charge in [0.2, 0.25) is 11.9 Å². The van der Waals surface area contributed by atoms with Gasteiger partial charge in [0, 0.05) is 27.1 Å². The van der Waals surface area contributed by atoms with Gasteiger partial charge in [0.25, 0.3) is 0 Å². The summed E-state index contributed by atoms with van der Waals surface area (Å²) in [4.78, 5) is 16.2. The lowest BCUT2D eigenvalue weighted by molar-refractivity contribution is 0.893. The molecule has 0 amide bonds. The Hall–Kier alpha value is -8.41. The molecule has 290 valence electrons. The maximum Gasteiger partial charge on any atom is 0.240 e. The molecule has 3 heterocycles. The van der Waals surface area contributed by atoms with Crippen molar-refractivity contribution in [2.24, 2.45) is 0 Å². The van der Waals surface area contributed by atoms with Crippen LogP contribution in [0.5, 0.6) is 0 Å². The van der Waals surface area contributed by atoms with E-state index in [0.29, 0.717) is 17.7 Å². The number of rotatable bonds is 7. The molecule has 12 aromatic rings. The van der Waals surface area contributed by atoms with Gasteiger partial charge in [-0.1, -0.05) is 176 Å². The predicted molar refractivity (Wildman–Crippen MR) is 256 cm³/mol. The van der Waals surface area contributed by atoms with Gasteiger partial charge in [0.1, 0.15) is 0 Å². The monoisotopic (exact) mass is 791 g/mol. The molecule has 62 heavy (non-hydrogen) atoms. The molecular weight excluding hydrogens is 755 g/mol. The molecule has 0 saturated carbocycles. The van der Waals surface area contributed by atoms with Crippen molar-refractivity contribution in [1.29, 1.82) is 0 Å². The Balaban J connectivity index is 1.12. The quantitative estimate of drug-likeness (QED) is 0.162. The standard InChI is InChI=1S/C57H37N5/c1-3-18-38(19-4-1)42-35-43(40-22-17-23-41(34-40)46-25-8-7-24-45(46)39-20-5-2-6-21-39)37-44(36-42)55-58-56(61-51-30-13-9-26-47(51)48-27-10-14-31-52(48)61)60-57(59-55)62-53-32-15-11-28-49(53)50-29-12-16-33-54(50)62/h1-37H. The van der Waals surface area contributed by atoms with Crippen molar-refractivity contribution in [1.82, 2.24) is 24.1 Å². The van der Waals surface area contributed by atoms with Gasteiger partial charge in [0.05, 0.1) is 22.1 Å². The van der Waals surface area contributed by atoms with Crippen molar-refractivity contribution in [2.75, 3.05) is 0 Å². The number of para-hydroxylation sites is 4. The maximum absolute atomic E-state index is 5.42. The van der Waals surface area contributed by atoms with E-state index in [1.807, 2.05) is 0 Å². The van der Waals surface area contributed by atoms with Gasteiger partial charge in [0.15, 0.2) is 5.82 Å². The van der Waals surface area contributed by atoms with Crippen LogP contribution in [-0.4, -0.2) is 24.1 Å². The molecule has 0 bridgehead atoms. The molecule has 0 radical (unpaired) electrons. The molecule has 3 aromatic heterocycles. The van der Waals surface area contributed by atoms with E-state index in [-0.39, 0.29) is 0 Å². The second kappa shape index (κ2) is 14.7. The Morgan fingerprint density at radius 1 is 0.242 bits per heavy atom. The van der Waals surface area contributed by atoms with E-state index < -0.39 is 0 Å². The number of hydrogen-bond acceptors (Lipinski definition) is 3. The Labute approximate surface area is 358 Å². The Morgan fingerprint density at radius 3 is 1.11 bits per heavy atom. The van der Waals surface area contributed by atoms with Gasteiger partial charge in [-0.05, 0) is 93.0 Å². The van der Waals surface area contributed by atoms with Crippen LogP contribution in [-0.2, 0) is 0 Å². The first-order valence-electron chi connectivity index (χ1n) is 20.9. The molecule has 12 rings (SSSR count). The number of hydrogen-bond donors (Lipinski definition) is 0. The van der Waals surface area contributed by atoms with Gasteiger partial charge < -0.3 is 0 Å². The van der Waals surface area contributed by atoms with Gasteiger partial charge in [-0.25, -0.2) is 0 Å². The average Bonchev–Trinajstić information content (AvgIpc) is 3.87. The van der Waals surface area contributed by atoms with E-state index in [2.05, 4.69) is 234 Å². The largest absolute Gasteiger partial charge is 0.278 e. The topological polar surface area (TPSA) is 48.5 Å². The van der Waals surface area contributed by atoms with Crippen LogP contribution < -0.4 is 0 Å². The highest BCUT2D eigenvalue weighted by Crippen LogP contribution is 2.39. The molecule has 0 spiro atoms. The van der Waals surface area contributed by atoms with Gasteiger partial charge in [-0.3, -0.25) is 9.13 Å². The van der Waals surface area contributed by atoms with Crippen LogP contribution in [0.2, 0.25) is 0 Å². The third-order valence-corrected chi connectivity index (χ3v) is 12.0. The first-order chi connectivity index (χ1) is 30.7. The van der Waals surface area contributed by atoms with Crippen molar-refractivity contribution in [2.45, 2.75) is 0 Å². The highest BCUT2D eigenvalue weighted by atomic mass is 15.3. The van der Waals surface area contributed by atoms with Crippen molar-refractivity contribution in [3.05, 3.63) is 224 Å². The fourth-order valence-electron chi connectivity index (χ4n) is 9.15. The van der Waals surface area contributed by atoms with E-state index in [1.165, 1.54) is 16.7 Å². The summed E-state index contributed by atoms with van der Waals surface area (Å²) in [6, 6.07) is 79.4. The zero-order valence-corrected chi connectivity index (χ0v) is 33.6. The van der Waals surface area contributed by atoms with E-state index in [4.69, 9.17) is 15.0 Å². The molecule has 5 heteroatoms. The summed E-state index contributed by atoms with van der Waals surface area (Å²) in [5.74, 6) is 1.68. The third-order valence-electron chi connectivity index (χ3n) is 12.0. The molecule has 5 nitrogen and oxygen atoms in total. The Kier molecular flexibility index (Phi) is 8.42. The SMILES string of the molecule is c1ccc(-c2cc(-c3cccc(-c4ccccc4-c4ccccc4)c3)cc(-c3nc(-n4c5ccccc5c5ccccc54)nc(-n4c5ccccc5c5ccccc54)n3)c2)cc1. The lowest BCUT2D eigenvalue weighted by Gasteiger charge is -2.15. The predicted octanol–water partition coefficient (Wildman–Crippen LogP) is 14.4. The summed E-state index contributed by atoms with van der Waals surface area (Å²) in [5, 5.41) is 4.58. The molecule has 0 aliphatic carbocycles. The van der Waals surface area contributed by atoms with Crippen molar-refractivity contribution in [3.63, 3.8) is 0 Å². The van der Waals surface area contributed by atoms with Gasteiger partial charge >= 0.3 is 0 Å². The normalized spacial score (nSPS) is 11.5. The van der Waals surface area contributed by atoms with Crippen molar-refractivity contribution >= 4 is 43.6 Å². The van der Waals surface area contributed by atoms with E-state index in [1.54, 1.807) is 0 Å². The van der Waals surface area contributed by atoms with Crippen LogP contribution >= 0.6 is 0 Å². The van der Waals surface area contributed by atoms with E-state index in [9.17, 15) is 0 Å². The minimum Gasteiger partial charge on any atom is -0.278 e. The Bertz CT molecular complexity index is 3400. The lowest BCUT2D eigenvalue weighted by atomic mass is 9.91. The van der Waals surface area contributed by atoms with E-state index in [0.717, 1.165) is 77.0 Å². The highest BCUT2D eigenvalue weighted by molar-refractivity contribution is 6.10. The summed E-state index contributed by atoms with van der Waals surface area (Å²) in [6.45, 7) is 0. The molecular formula is C57H37N5. The molecule has 0 atom stereocenters. The Morgan fingerprint density at radius 2 is 0.597 bits per heavy atom. The molecule has 0 aliphatic heterocycles. The van der Waals surface area contributed by atoms with Crippen molar-refractivity contribution in [3.8, 4) is 67.8 Å². The smallest absolute Gasteiger partial charge is 0.240 e. The zero-order valence-electron chi connectivity index (χ0n) is 33.6. The summed E-state index contributed by atoms with van der Waals surface area (Å²) in [5.41, 5.74) is 14.1. The molecule has 0 unspecified atom stereocenters. The zero-order chi connectivity index (χ0) is 41.0. The van der Waals surface area contributed by atoms with Crippen LogP contribution in [0.3, 0.4) is 0 Å². The third kappa shape index (κ3) is 5.98. The van der Waals surface area contributed by atoms with Crippen LogP contribution in [0, 0.1) is 0 Å². The molecule has 9 aromatic carbocycles. The van der Waals surface area contributed by atoms with Crippen LogP contribution in [0.4, 0.5) is 0 Å². The van der Waals surface area contributed by atoms with E-state index >= 15 is 0 Å².